The van der Waals surface area contributed by atoms with Crippen LogP contribution in [0, 0.1) is 5.92 Å². The Hall–Kier alpha value is -2.83. The number of aryl methyl sites for hydroxylation is 1. The molecule has 3 aromatic rings. The van der Waals surface area contributed by atoms with Gasteiger partial charge in [0.15, 0.2) is 0 Å². The molecular weight excluding hydrogens is 414 g/mol. The molecule has 1 aromatic heterocycles. The number of rotatable bonds is 8. The molecule has 2 saturated carbocycles. The van der Waals surface area contributed by atoms with Crippen molar-refractivity contribution in [2.75, 3.05) is 11.9 Å². The Bertz CT molecular complexity index is 1110. The van der Waals surface area contributed by atoms with Gasteiger partial charge in [0.2, 0.25) is 0 Å². The summed E-state index contributed by atoms with van der Waals surface area (Å²) in [6, 6.07) is 16.0. The quantitative estimate of drug-likeness (QED) is 0.471. The van der Waals surface area contributed by atoms with Crippen molar-refractivity contribution < 1.29 is 14.6 Å². The van der Waals surface area contributed by atoms with Gasteiger partial charge in [-0.15, -0.1) is 0 Å². The molecule has 0 saturated heterocycles. The van der Waals surface area contributed by atoms with Gasteiger partial charge in [-0.3, -0.25) is 4.79 Å². The van der Waals surface area contributed by atoms with E-state index in [1.165, 1.54) is 18.5 Å². The van der Waals surface area contributed by atoms with E-state index in [2.05, 4.69) is 34.4 Å². The Morgan fingerprint density at radius 2 is 1.79 bits per heavy atom. The van der Waals surface area contributed by atoms with Gasteiger partial charge in [0.05, 0.1) is 12.7 Å². The van der Waals surface area contributed by atoms with Crippen molar-refractivity contribution in [2.24, 2.45) is 13.0 Å². The van der Waals surface area contributed by atoms with Gasteiger partial charge in [-0.25, -0.2) is 0 Å². The third-order valence-corrected chi connectivity index (χ3v) is 6.97. The second-order valence-corrected chi connectivity index (χ2v) is 9.59. The molecule has 6 heteroatoms. The molecule has 3 N–H and O–H groups in total. The second-order valence-electron chi connectivity index (χ2n) is 9.59. The Morgan fingerprint density at radius 1 is 1.03 bits per heavy atom. The molecule has 0 aliphatic heterocycles. The molecule has 0 unspecified atom stereocenters. The molecule has 0 atom stereocenters. The van der Waals surface area contributed by atoms with Crippen LogP contribution in [0.25, 0.3) is 10.9 Å². The van der Waals surface area contributed by atoms with E-state index in [1.807, 2.05) is 36.4 Å². The molecule has 0 radical (unpaired) electrons. The van der Waals surface area contributed by atoms with Crippen LogP contribution in [0.15, 0.2) is 48.5 Å². The molecule has 0 spiro atoms. The third-order valence-electron chi connectivity index (χ3n) is 6.97. The average molecular weight is 448 g/mol. The number of anilines is 1. The molecule has 174 valence electrons. The van der Waals surface area contributed by atoms with E-state index in [-0.39, 0.29) is 12.0 Å². The average Bonchev–Trinajstić information content (AvgIpc) is 3.61. The lowest BCUT2D eigenvalue weighted by Gasteiger charge is -2.26. The molecule has 1 amide bonds. The highest BCUT2D eigenvalue weighted by Crippen LogP contribution is 2.29. The molecule has 2 aliphatic carbocycles. The lowest BCUT2D eigenvalue weighted by Crippen LogP contribution is -2.34. The normalized spacial score (nSPS) is 20.7. The number of carbonyl (C=O) groups excluding carboxylic acids is 1. The maximum absolute atomic E-state index is 12.7. The van der Waals surface area contributed by atoms with Crippen LogP contribution in [0.5, 0.6) is 5.75 Å². The van der Waals surface area contributed by atoms with Crippen LogP contribution in [0.4, 0.5) is 5.69 Å². The van der Waals surface area contributed by atoms with Crippen LogP contribution in [-0.4, -0.2) is 34.3 Å². The standard InChI is InChI=1S/C27H33N3O3/c1-30-23(16-28-21-6-9-24(31)10-7-21)15-20-14-22(8-13-26(20)30)29-27(32)19-4-11-25(12-5-19)33-17-18-2-3-18/h4-5,8,11-15,18,21,24,28,31H,2-3,6-7,9-10,16-17H2,1H3,(H,29,32)/t21-,24-. The molecule has 5 rings (SSSR count). The molecule has 2 aliphatic rings. The van der Waals surface area contributed by atoms with Crippen molar-refractivity contribution in [2.45, 2.75) is 57.2 Å². The summed E-state index contributed by atoms with van der Waals surface area (Å²) in [6.07, 6.45) is 6.20. The first-order valence-corrected chi connectivity index (χ1v) is 12.1. The number of aliphatic hydroxyl groups excluding tert-OH is 1. The molecule has 6 nitrogen and oxygen atoms in total. The van der Waals surface area contributed by atoms with Gasteiger partial charge >= 0.3 is 0 Å². The Balaban J connectivity index is 1.21. The zero-order chi connectivity index (χ0) is 22.8. The summed E-state index contributed by atoms with van der Waals surface area (Å²) in [5, 5.41) is 17.5. The predicted molar refractivity (Wildman–Crippen MR) is 131 cm³/mol. The molecular formula is C27H33N3O3. The largest absolute Gasteiger partial charge is 0.493 e. The fourth-order valence-corrected chi connectivity index (χ4v) is 4.59. The van der Waals surface area contributed by atoms with E-state index in [9.17, 15) is 9.90 Å². The smallest absolute Gasteiger partial charge is 0.255 e. The molecule has 33 heavy (non-hydrogen) atoms. The highest BCUT2D eigenvalue weighted by atomic mass is 16.5. The van der Waals surface area contributed by atoms with Crippen LogP contribution in [0.2, 0.25) is 0 Å². The lowest BCUT2D eigenvalue weighted by atomic mass is 9.93. The molecule has 1 heterocycles. The van der Waals surface area contributed by atoms with Gasteiger partial charge in [-0.2, -0.15) is 0 Å². The van der Waals surface area contributed by atoms with E-state index >= 15 is 0 Å². The van der Waals surface area contributed by atoms with E-state index in [4.69, 9.17) is 4.74 Å². The van der Waals surface area contributed by atoms with Gasteiger partial charge < -0.3 is 25.0 Å². The van der Waals surface area contributed by atoms with Crippen molar-refractivity contribution in [3.05, 3.63) is 59.8 Å². The first kappa shape index (κ1) is 22.0. The Labute approximate surface area is 194 Å². The number of carbonyl (C=O) groups is 1. The SMILES string of the molecule is Cn1c(CN[C@H]2CC[C@H](O)CC2)cc2cc(NC(=O)c3ccc(OCC4CC4)cc3)ccc21. The minimum absolute atomic E-state index is 0.125. The fraction of sp³-hybridized carbons (Fsp3) is 0.444. The van der Waals surface area contributed by atoms with Crippen LogP contribution in [0.1, 0.15) is 54.6 Å². The van der Waals surface area contributed by atoms with Gasteiger partial charge in [-0.1, -0.05) is 0 Å². The monoisotopic (exact) mass is 447 g/mol. The topological polar surface area (TPSA) is 75.5 Å². The van der Waals surface area contributed by atoms with Crippen LogP contribution in [0.3, 0.4) is 0 Å². The number of nitrogens with zero attached hydrogens (tertiary/aromatic N) is 1. The number of hydrogen-bond acceptors (Lipinski definition) is 4. The van der Waals surface area contributed by atoms with Crippen molar-refractivity contribution in [3.63, 3.8) is 0 Å². The summed E-state index contributed by atoms with van der Waals surface area (Å²) < 4.78 is 7.96. The van der Waals surface area contributed by atoms with Crippen molar-refractivity contribution in [1.82, 2.24) is 9.88 Å². The number of amides is 1. The molecule has 0 bridgehead atoms. The highest BCUT2D eigenvalue weighted by molar-refractivity contribution is 6.05. The van der Waals surface area contributed by atoms with Gasteiger partial charge in [-0.05, 0) is 93.0 Å². The van der Waals surface area contributed by atoms with Crippen LogP contribution >= 0.6 is 0 Å². The Kier molecular flexibility index (Phi) is 6.38. The number of fused-ring (bicyclic) bond motifs is 1. The zero-order valence-corrected chi connectivity index (χ0v) is 19.2. The number of benzene rings is 2. The van der Waals surface area contributed by atoms with Gasteiger partial charge in [0.1, 0.15) is 5.75 Å². The number of nitrogens with one attached hydrogen (secondary N) is 2. The third kappa shape index (κ3) is 5.40. The number of aliphatic hydroxyl groups is 1. The summed E-state index contributed by atoms with van der Waals surface area (Å²) in [6.45, 7) is 1.56. The van der Waals surface area contributed by atoms with E-state index < -0.39 is 0 Å². The fourth-order valence-electron chi connectivity index (χ4n) is 4.59. The summed E-state index contributed by atoms with van der Waals surface area (Å²) in [7, 11) is 2.08. The zero-order valence-electron chi connectivity index (χ0n) is 19.2. The minimum Gasteiger partial charge on any atom is -0.493 e. The summed E-state index contributed by atoms with van der Waals surface area (Å²) in [4.78, 5) is 12.7. The van der Waals surface area contributed by atoms with Crippen molar-refractivity contribution >= 4 is 22.5 Å². The maximum Gasteiger partial charge on any atom is 0.255 e. The molecule has 2 fully saturated rings. The lowest BCUT2D eigenvalue weighted by molar-refractivity contribution is 0.102. The maximum atomic E-state index is 12.7. The summed E-state index contributed by atoms with van der Waals surface area (Å²) in [5.74, 6) is 1.40. The number of hydrogen-bond donors (Lipinski definition) is 3. The first-order valence-electron chi connectivity index (χ1n) is 12.1. The highest BCUT2D eigenvalue weighted by Gasteiger charge is 2.22. The van der Waals surface area contributed by atoms with E-state index in [0.717, 1.165) is 61.2 Å². The molecule has 2 aromatic carbocycles. The van der Waals surface area contributed by atoms with Crippen molar-refractivity contribution in [3.8, 4) is 5.75 Å². The van der Waals surface area contributed by atoms with E-state index in [0.29, 0.717) is 17.5 Å². The van der Waals surface area contributed by atoms with Crippen molar-refractivity contribution in [1.29, 1.82) is 0 Å². The van der Waals surface area contributed by atoms with Gasteiger partial charge in [0.25, 0.3) is 5.91 Å². The van der Waals surface area contributed by atoms with E-state index in [1.54, 1.807) is 0 Å². The van der Waals surface area contributed by atoms with Crippen LogP contribution in [-0.2, 0) is 13.6 Å². The summed E-state index contributed by atoms with van der Waals surface area (Å²) >= 11 is 0. The number of aromatic nitrogens is 1. The van der Waals surface area contributed by atoms with Gasteiger partial charge in [0, 0.05) is 47.5 Å². The minimum atomic E-state index is -0.132. The summed E-state index contributed by atoms with van der Waals surface area (Å²) in [5.41, 5.74) is 3.75. The first-order chi connectivity index (χ1) is 16.0. The predicted octanol–water partition coefficient (Wildman–Crippen LogP) is 4.61. The van der Waals surface area contributed by atoms with Crippen LogP contribution < -0.4 is 15.4 Å². The number of ether oxygens (including phenoxy) is 1. The Morgan fingerprint density at radius 3 is 2.52 bits per heavy atom. The second kappa shape index (κ2) is 9.57.